The molecule has 1 aromatic heterocycles. The smallest absolute Gasteiger partial charge is 0.273 e. The van der Waals surface area contributed by atoms with Crippen LogP contribution in [0, 0.1) is 0 Å². The average Bonchev–Trinajstić information content (AvgIpc) is 2.26. The fraction of sp³-hybridized carbons (Fsp3) is 0.583. The molecule has 0 saturated heterocycles. The Morgan fingerprint density at radius 2 is 1.89 bits per heavy atom. The van der Waals surface area contributed by atoms with Crippen LogP contribution < -0.4 is 4.90 Å². The molecule has 0 fully saturated rings. The molecule has 18 heavy (non-hydrogen) atoms. The zero-order chi connectivity index (χ0) is 13.9. The van der Waals surface area contributed by atoms with Gasteiger partial charge >= 0.3 is 0 Å². The molecule has 0 aliphatic heterocycles. The Balaban J connectivity index is 2.80. The van der Waals surface area contributed by atoms with Crippen molar-refractivity contribution in [1.82, 2.24) is 15.1 Å². The second-order valence-electron chi connectivity index (χ2n) is 5.14. The van der Waals surface area contributed by atoms with Crippen LogP contribution in [0.25, 0.3) is 0 Å². The van der Waals surface area contributed by atoms with Crippen LogP contribution in [0.3, 0.4) is 0 Å². The summed E-state index contributed by atoms with van der Waals surface area (Å²) in [6.07, 6.45) is 0. The summed E-state index contributed by atoms with van der Waals surface area (Å²) in [5, 5.41) is 17.6. The van der Waals surface area contributed by atoms with E-state index in [0.29, 0.717) is 18.1 Å². The Morgan fingerprint density at radius 3 is 2.28 bits per heavy atom. The minimum absolute atomic E-state index is 0.181. The zero-order valence-corrected chi connectivity index (χ0v) is 11.5. The number of rotatable bonds is 4. The van der Waals surface area contributed by atoms with Gasteiger partial charge in [-0.2, -0.15) is 0 Å². The Morgan fingerprint density at radius 1 is 1.28 bits per heavy atom. The fourth-order valence-corrected chi connectivity index (χ4v) is 1.53. The Kier molecular flexibility index (Phi) is 4.24. The third kappa shape index (κ3) is 3.96. The first-order chi connectivity index (χ1) is 8.20. The molecule has 0 aliphatic carbocycles. The molecule has 0 atom stereocenters. The van der Waals surface area contributed by atoms with Crippen molar-refractivity contribution < 1.29 is 9.90 Å². The van der Waals surface area contributed by atoms with E-state index in [1.807, 2.05) is 7.05 Å². The Bertz CT molecular complexity index is 409. The lowest BCUT2D eigenvalue weighted by Crippen LogP contribution is -2.36. The highest BCUT2D eigenvalue weighted by molar-refractivity contribution is 5.91. The van der Waals surface area contributed by atoms with E-state index in [2.05, 4.69) is 10.2 Å². The van der Waals surface area contributed by atoms with E-state index in [-0.39, 0.29) is 5.91 Å². The molecule has 6 heteroatoms. The average molecular weight is 252 g/mol. The second kappa shape index (κ2) is 5.30. The molecule has 1 rings (SSSR count). The lowest BCUT2D eigenvalue weighted by molar-refractivity contribution is 0.0819. The standard InChI is InChI=1S/C12H20N4O2/c1-12(2,18)8-16(5)10-7-6-9(13-14-10)11(17)15(3)4/h6-7,18H,8H2,1-5H3. The van der Waals surface area contributed by atoms with Gasteiger partial charge < -0.3 is 14.9 Å². The first kappa shape index (κ1) is 14.4. The number of likely N-dealkylation sites (N-methyl/N-ethyl adjacent to an activating group) is 1. The molecule has 0 aromatic carbocycles. The van der Waals surface area contributed by atoms with E-state index >= 15 is 0 Å². The molecule has 0 unspecified atom stereocenters. The number of hydrogen-bond donors (Lipinski definition) is 1. The molecule has 0 aliphatic rings. The summed E-state index contributed by atoms with van der Waals surface area (Å²) in [5.74, 6) is 0.437. The van der Waals surface area contributed by atoms with Gasteiger partial charge in [0.05, 0.1) is 5.60 Å². The van der Waals surface area contributed by atoms with Crippen molar-refractivity contribution in [3.05, 3.63) is 17.8 Å². The number of hydrogen-bond acceptors (Lipinski definition) is 5. The molecular weight excluding hydrogens is 232 g/mol. The first-order valence-corrected chi connectivity index (χ1v) is 5.69. The van der Waals surface area contributed by atoms with Crippen LogP contribution in [-0.4, -0.2) is 59.4 Å². The molecule has 0 spiro atoms. The number of carbonyl (C=O) groups is 1. The summed E-state index contributed by atoms with van der Waals surface area (Å²) >= 11 is 0. The maximum atomic E-state index is 11.6. The monoisotopic (exact) mass is 252 g/mol. The fourth-order valence-electron chi connectivity index (χ4n) is 1.53. The predicted octanol–water partition coefficient (Wildman–Crippen LogP) is 0.385. The van der Waals surface area contributed by atoms with Crippen LogP contribution in [0.4, 0.5) is 5.82 Å². The summed E-state index contributed by atoms with van der Waals surface area (Å²) in [5.41, 5.74) is -0.505. The van der Waals surface area contributed by atoms with Gasteiger partial charge in [-0.3, -0.25) is 4.79 Å². The van der Waals surface area contributed by atoms with E-state index in [1.165, 1.54) is 4.90 Å². The van der Waals surface area contributed by atoms with Gasteiger partial charge in [0.1, 0.15) is 0 Å². The van der Waals surface area contributed by atoms with Gasteiger partial charge in [-0.15, -0.1) is 10.2 Å². The minimum atomic E-state index is -0.811. The summed E-state index contributed by atoms with van der Waals surface area (Å²) in [6, 6.07) is 3.35. The molecule has 1 amide bonds. The molecule has 1 N–H and O–H groups in total. The molecule has 6 nitrogen and oxygen atoms in total. The highest BCUT2D eigenvalue weighted by Gasteiger charge is 2.17. The van der Waals surface area contributed by atoms with Gasteiger partial charge in [-0.25, -0.2) is 0 Å². The van der Waals surface area contributed by atoms with Crippen molar-refractivity contribution in [1.29, 1.82) is 0 Å². The minimum Gasteiger partial charge on any atom is -0.389 e. The molecule has 0 saturated carbocycles. The number of nitrogens with zero attached hydrogens (tertiary/aromatic N) is 4. The molecule has 0 radical (unpaired) electrons. The van der Waals surface area contributed by atoms with Crippen LogP contribution in [0.5, 0.6) is 0 Å². The summed E-state index contributed by atoms with van der Waals surface area (Å²) in [4.78, 5) is 14.9. The maximum Gasteiger partial charge on any atom is 0.273 e. The summed E-state index contributed by atoms with van der Waals surface area (Å²) in [7, 11) is 5.14. The van der Waals surface area contributed by atoms with Crippen LogP contribution in [0.15, 0.2) is 12.1 Å². The lowest BCUT2D eigenvalue weighted by atomic mass is 10.1. The van der Waals surface area contributed by atoms with Crippen molar-refractivity contribution in [2.45, 2.75) is 19.4 Å². The van der Waals surface area contributed by atoms with Gasteiger partial charge in [0.15, 0.2) is 11.5 Å². The van der Waals surface area contributed by atoms with E-state index in [0.717, 1.165) is 0 Å². The number of amides is 1. The molecular formula is C12H20N4O2. The molecule has 100 valence electrons. The van der Waals surface area contributed by atoms with Gasteiger partial charge in [-0.05, 0) is 26.0 Å². The maximum absolute atomic E-state index is 11.6. The van der Waals surface area contributed by atoms with Gasteiger partial charge in [0.2, 0.25) is 0 Å². The van der Waals surface area contributed by atoms with E-state index in [9.17, 15) is 9.90 Å². The second-order valence-corrected chi connectivity index (χ2v) is 5.14. The van der Waals surface area contributed by atoms with Gasteiger partial charge in [0.25, 0.3) is 5.91 Å². The van der Waals surface area contributed by atoms with Crippen LogP contribution in [0.2, 0.25) is 0 Å². The van der Waals surface area contributed by atoms with Crippen molar-refractivity contribution >= 4 is 11.7 Å². The number of aromatic nitrogens is 2. The SMILES string of the molecule is CN(C)C(=O)c1ccc(N(C)CC(C)(C)O)nn1. The third-order valence-corrected chi connectivity index (χ3v) is 2.29. The van der Waals surface area contributed by atoms with Crippen molar-refractivity contribution in [3.8, 4) is 0 Å². The normalized spacial score (nSPS) is 11.2. The van der Waals surface area contributed by atoms with Gasteiger partial charge in [0, 0.05) is 27.7 Å². The number of aliphatic hydroxyl groups is 1. The van der Waals surface area contributed by atoms with Crippen LogP contribution in [-0.2, 0) is 0 Å². The van der Waals surface area contributed by atoms with Crippen LogP contribution in [0.1, 0.15) is 24.3 Å². The highest BCUT2D eigenvalue weighted by Crippen LogP contribution is 2.12. The van der Waals surface area contributed by atoms with E-state index in [4.69, 9.17) is 0 Å². The van der Waals surface area contributed by atoms with E-state index < -0.39 is 5.60 Å². The number of carbonyl (C=O) groups excluding carboxylic acids is 1. The molecule has 1 aromatic rings. The van der Waals surface area contributed by atoms with Crippen molar-refractivity contribution in [3.63, 3.8) is 0 Å². The summed E-state index contributed by atoms with van der Waals surface area (Å²) < 4.78 is 0. The quantitative estimate of drug-likeness (QED) is 0.839. The largest absolute Gasteiger partial charge is 0.389 e. The first-order valence-electron chi connectivity index (χ1n) is 5.69. The topological polar surface area (TPSA) is 69.6 Å². The number of anilines is 1. The van der Waals surface area contributed by atoms with Gasteiger partial charge in [-0.1, -0.05) is 0 Å². The zero-order valence-electron chi connectivity index (χ0n) is 11.5. The molecule has 1 heterocycles. The lowest BCUT2D eigenvalue weighted by Gasteiger charge is -2.25. The predicted molar refractivity (Wildman–Crippen MR) is 69.6 cm³/mol. The third-order valence-electron chi connectivity index (χ3n) is 2.29. The summed E-state index contributed by atoms with van der Waals surface area (Å²) in [6.45, 7) is 3.88. The highest BCUT2D eigenvalue weighted by atomic mass is 16.3. The van der Waals surface area contributed by atoms with Crippen molar-refractivity contribution in [2.75, 3.05) is 32.6 Å². The van der Waals surface area contributed by atoms with Crippen molar-refractivity contribution in [2.24, 2.45) is 0 Å². The Hall–Kier alpha value is -1.69. The Labute approximate surface area is 107 Å². The van der Waals surface area contributed by atoms with E-state index in [1.54, 1.807) is 45.0 Å². The van der Waals surface area contributed by atoms with Crippen LogP contribution >= 0.6 is 0 Å². The molecule has 0 bridgehead atoms.